The first-order chi connectivity index (χ1) is 12.1. The molecule has 0 heterocycles. The van der Waals surface area contributed by atoms with Crippen LogP contribution < -0.4 is 10.5 Å². The summed E-state index contributed by atoms with van der Waals surface area (Å²) in [6.45, 7) is 6.67. The van der Waals surface area contributed by atoms with Gasteiger partial charge in [-0.25, -0.2) is 17.9 Å². The van der Waals surface area contributed by atoms with Crippen molar-refractivity contribution in [3.05, 3.63) is 33.4 Å². The second-order valence-electron chi connectivity index (χ2n) is 5.89. The summed E-state index contributed by atoms with van der Waals surface area (Å²) in [7, 11) is -4.14. The number of halogens is 1. The maximum Gasteiger partial charge on any atom is 0.338 e. The maximum atomic E-state index is 12.8. The Morgan fingerprint density at radius 2 is 1.85 bits per heavy atom. The third-order valence-corrected chi connectivity index (χ3v) is 6.01. The van der Waals surface area contributed by atoms with Crippen LogP contribution >= 0.6 is 12.4 Å². The average Bonchev–Trinajstić information content (AvgIpc) is 2.59. The number of ether oxygens (including phenoxy) is 1. The van der Waals surface area contributed by atoms with E-state index in [-0.39, 0.29) is 41.6 Å². The van der Waals surface area contributed by atoms with Gasteiger partial charge in [0.15, 0.2) is 0 Å². The monoisotopic (exact) mass is 423 g/mol. The highest BCUT2D eigenvalue weighted by Crippen LogP contribution is 2.28. The number of esters is 1. The van der Waals surface area contributed by atoms with Crippen LogP contribution in [-0.4, -0.2) is 38.0 Å². The highest BCUT2D eigenvalue weighted by Gasteiger charge is 2.33. The molecule has 0 saturated carbocycles. The molecular formula is C16H26ClN3O6S. The van der Waals surface area contributed by atoms with Crippen molar-refractivity contribution in [3.8, 4) is 0 Å². The summed E-state index contributed by atoms with van der Waals surface area (Å²) in [4.78, 5) is 22.3. The zero-order valence-electron chi connectivity index (χ0n) is 15.8. The number of nitrogens with two attached hydrogens (primary N) is 1. The lowest BCUT2D eigenvalue weighted by Gasteiger charge is -2.31. The first-order valence-electron chi connectivity index (χ1n) is 8.27. The van der Waals surface area contributed by atoms with Gasteiger partial charge in [0.1, 0.15) is 0 Å². The highest BCUT2D eigenvalue weighted by molar-refractivity contribution is 7.89. The molecule has 0 bridgehead atoms. The number of nitrogens with zero attached hydrogens (tertiary/aromatic N) is 1. The van der Waals surface area contributed by atoms with Gasteiger partial charge in [-0.05, 0) is 32.8 Å². The molecule has 0 saturated heterocycles. The summed E-state index contributed by atoms with van der Waals surface area (Å²) in [5.41, 5.74) is 4.27. The number of nitro groups is 1. The first-order valence-corrected chi connectivity index (χ1v) is 9.76. The molecule has 27 heavy (non-hydrogen) atoms. The molecule has 1 rings (SSSR count). The van der Waals surface area contributed by atoms with Gasteiger partial charge >= 0.3 is 5.97 Å². The first kappa shape index (κ1) is 25.2. The second kappa shape index (κ2) is 9.98. The van der Waals surface area contributed by atoms with E-state index in [9.17, 15) is 23.3 Å². The number of benzene rings is 1. The van der Waals surface area contributed by atoms with Gasteiger partial charge in [-0.1, -0.05) is 13.8 Å². The minimum Gasteiger partial charge on any atom is -0.462 e. The number of rotatable bonds is 9. The standard InChI is InChI=1S/C16H25N3O6S.ClH/c1-5-16(6-2,10-17)18-26(23,24)12-8-13(15(20)25-7-3)11(4)14(9-12)19(21)22;/h8-9,18H,5-7,10,17H2,1-4H3;1H. The minimum atomic E-state index is -4.14. The SMILES string of the molecule is CCOC(=O)c1cc(S(=O)(=O)NC(CC)(CC)CN)cc([N+](=O)[O-])c1C.Cl. The van der Waals surface area contributed by atoms with Crippen LogP contribution in [0.15, 0.2) is 17.0 Å². The van der Waals surface area contributed by atoms with Crippen molar-refractivity contribution in [1.82, 2.24) is 4.72 Å². The summed E-state index contributed by atoms with van der Waals surface area (Å²) in [6.07, 6.45) is 0.885. The third kappa shape index (κ3) is 5.61. The smallest absolute Gasteiger partial charge is 0.338 e. The van der Waals surface area contributed by atoms with Gasteiger partial charge in [0.05, 0.1) is 22.0 Å². The Morgan fingerprint density at radius 1 is 1.30 bits per heavy atom. The zero-order valence-corrected chi connectivity index (χ0v) is 17.4. The fourth-order valence-electron chi connectivity index (χ4n) is 2.51. The number of hydrogen-bond donors (Lipinski definition) is 2. The van der Waals surface area contributed by atoms with E-state index in [0.717, 1.165) is 12.1 Å². The molecule has 0 atom stereocenters. The maximum absolute atomic E-state index is 12.8. The molecule has 11 heteroatoms. The summed E-state index contributed by atoms with van der Waals surface area (Å²) in [5.74, 6) is -0.818. The third-order valence-electron chi connectivity index (χ3n) is 4.45. The lowest BCUT2D eigenvalue weighted by Crippen LogP contribution is -2.52. The van der Waals surface area contributed by atoms with E-state index < -0.39 is 32.1 Å². The van der Waals surface area contributed by atoms with E-state index >= 15 is 0 Å². The molecule has 9 nitrogen and oxygen atoms in total. The number of hydrogen-bond acceptors (Lipinski definition) is 7. The van der Waals surface area contributed by atoms with Crippen molar-refractivity contribution in [2.45, 2.75) is 51.0 Å². The molecule has 3 N–H and O–H groups in total. The van der Waals surface area contributed by atoms with Crippen LogP contribution in [0.1, 0.15) is 49.5 Å². The highest BCUT2D eigenvalue weighted by atomic mass is 35.5. The number of carbonyl (C=O) groups is 1. The number of nitro benzene ring substituents is 1. The minimum absolute atomic E-state index is 0. The molecule has 0 aliphatic heterocycles. The molecule has 0 radical (unpaired) electrons. The molecule has 1 aromatic rings. The fraction of sp³-hybridized carbons (Fsp3) is 0.562. The van der Waals surface area contributed by atoms with Crippen LogP contribution in [0.4, 0.5) is 5.69 Å². The van der Waals surface area contributed by atoms with E-state index in [0.29, 0.717) is 12.8 Å². The van der Waals surface area contributed by atoms with Gasteiger partial charge in [0, 0.05) is 23.7 Å². The van der Waals surface area contributed by atoms with Crippen LogP contribution in [0, 0.1) is 17.0 Å². The van der Waals surface area contributed by atoms with Gasteiger partial charge < -0.3 is 10.5 Å². The topological polar surface area (TPSA) is 142 Å². The van der Waals surface area contributed by atoms with Crippen LogP contribution in [0.5, 0.6) is 0 Å². The molecule has 0 aliphatic rings. The molecule has 0 spiro atoms. The largest absolute Gasteiger partial charge is 0.462 e. The summed E-state index contributed by atoms with van der Waals surface area (Å²) in [5, 5.41) is 11.3. The van der Waals surface area contributed by atoms with E-state index in [1.807, 2.05) is 0 Å². The molecule has 0 fully saturated rings. The fourth-order valence-corrected chi connectivity index (χ4v) is 4.11. The van der Waals surface area contributed by atoms with Crippen molar-refractivity contribution in [2.75, 3.05) is 13.2 Å². The van der Waals surface area contributed by atoms with E-state index in [1.54, 1.807) is 20.8 Å². The van der Waals surface area contributed by atoms with E-state index in [1.165, 1.54) is 6.92 Å². The lowest BCUT2D eigenvalue weighted by molar-refractivity contribution is -0.385. The van der Waals surface area contributed by atoms with Crippen LogP contribution in [0.25, 0.3) is 0 Å². The Hall–Kier alpha value is -1.75. The van der Waals surface area contributed by atoms with Crippen molar-refractivity contribution in [2.24, 2.45) is 5.73 Å². The second-order valence-corrected chi connectivity index (χ2v) is 7.57. The summed E-state index contributed by atoms with van der Waals surface area (Å²) >= 11 is 0. The Morgan fingerprint density at radius 3 is 2.26 bits per heavy atom. The van der Waals surface area contributed by atoms with Crippen molar-refractivity contribution in [1.29, 1.82) is 0 Å². The van der Waals surface area contributed by atoms with Crippen LogP contribution in [0.2, 0.25) is 0 Å². The molecule has 1 aromatic carbocycles. The zero-order chi connectivity index (χ0) is 20.1. The van der Waals surface area contributed by atoms with Gasteiger partial charge in [0.2, 0.25) is 10.0 Å². The number of nitrogens with one attached hydrogen (secondary N) is 1. The van der Waals surface area contributed by atoms with Gasteiger partial charge in [-0.3, -0.25) is 10.1 Å². The van der Waals surface area contributed by atoms with Crippen molar-refractivity contribution in [3.63, 3.8) is 0 Å². The number of carbonyl (C=O) groups excluding carboxylic acids is 1. The molecular weight excluding hydrogens is 398 g/mol. The average molecular weight is 424 g/mol. The number of sulfonamides is 1. The van der Waals surface area contributed by atoms with E-state index in [4.69, 9.17) is 10.5 Å². The Bertz CT molecular complexity index is 785. The summed E-state index contributed by atoms with van der Waals surface area (Å²) in [6, 6.07) is 2.03. The molecule has 0 unspecified atom stereocenters. The normalized spacial score (nSPS) is 11.6. The predicted octanol–water partition coefficient (Wildman–Crippen LogP) is 2.30. The molecule has 154 valence electrons. The predicted molar refractivity (Wildman–Crippen MR) is 104 cm³/mol. The van der Waals surface area contributed by atoms with Gasteiger partial charge in [-0.15, -0.1) is 12.4 Å². The lowest BCUT2D eigenvalue weighted by atomic mass is 9.95. The van der Waals surface area contributed by atoms with Crippen molar-refractivity contribution >= 4 is 34.1 Å². The Kier molecular flexibility index (Phi) is 9.33. The summed E-state index contributed by atoms with van der Waals surface area (Å²) < 4.78 is 33.0. The quantitative estimate of drug-likeness (QED) is 0.352. The van der Waals surface area contributed by atoms with Gasteiger partial charge in [0.25, 0.3) is 5.69 Å². The van der Waals surface area contributed by atoms with E-state index in [2.05, 4.69) is 4.72 Å². The van der Waals surface area contributed by atoms with Crippen LogP contribution in [0.3, 0.4) is 0 Å². The van der Waals surface area contributed by atoms with Crippen molar-refractivity contribution < 1.29 is 22.9 Å². The van der Waals surface area contributed by atoms with Gasteiger partial charge in [-0.2, -0.15) is 0 Å². The molecule has 0 amide bonds. The molecule has 0 aliphatic carbocycles. The Labute approximate surface area is 165 Å². The van der Waals surface area contributed by atoms with Crippen LogP contribution in [-0.2, 0) is 14.8 Å². The molecule has 0 aromatic heterocycles. The Balaban J connectivity index is 0.00000676.